The first-order valence-corrected chi connectivity index (χ1v) is 12.0. The molecule has 1 aliphatic heterocycles. The fourth-order valence-electron chi connectivity index (χ4n) is 4.44. The van der Waals surface area contributed by atoms with Gasteiger partial charge in [0.05, 0.1) is 12.7 Å². The van der Waals surface area contributed by atoms with Gasteiger partial charge in [-0.25, -0.2) is 0 Å². The Kier molecular flexibility index (Phi) is 8.09. The molecule has 3 aromatic rings. The summed E-state index contributed by atoms with van der Waals surface area (Å²) in [7, 11) is 1.67. The minimum Gasteiger partial charge on any atom is -0.497 e. The van der Waals surface area contributed by atoms with E-state index in [0.29, 0.717) is 13.0 Å². The molecule has 0 saturated carbocycles. The Morgan fingerprint density at radius 1 is 0.824 bits per heavy atom. The van der Waals surface area contributed by atoms with Crippen LogP contribution in [0, 0.1) is 0 Å². The molecule has 0 spiro atoms. The second-order valence-corrected chi connectivity index (χ2v) is 9.22. The van der Waals surface area contributed by atoms with E-state index >= 15 is 0 Å². The third-order valence-electron chi connectivity index (χ3n) is 6.40. The minimum atomic E-state index is -0.648. The molecular formula is C29H35NO4. The summed E-state index contributed by atoms with van der Waals surface area (Å²) in [5.41, 5.74) is 1.64. The van der Waals surface area contributed by atoms with Crippen LogP contribution in [0.15, 0.2) is 78.9 Å². The number of methoxy groups -OCH3 is 1. The summed E-state index contributed by atoms with van der Waals surface area (Å²) in [6, 6.07) is 25.9. The van der Waals surface area contributed by atoms with Crippen molar-refractivity contribution < 1.29 is 19.3 Å². The number of benzene rings is 3. The van der Waals surface area contributed by atoms with Gasteiger partial charge in [-0.05, 0) is 67.3 Å². The van der Waals surface area contributed by atoms with Crippen molar-refractivity contribution in [1.82, 2.24) is 4.90 Å². The summed E-state index contributed by atoms with van der Waals surface area (Å²) >= 11 is 0. The number of nitrogens with zero attached hydrogens (tertiary/aromatic N) is 1. The molecule has 4 rings (SSSR count). The lowest BCUT2D eigenvalue weighted by molar-refractivity contribution is -0.0266. The average Bonchev–Trinajstić information content (AvgIpc) is 2.86. The molecule has 0 bridgehead atoms. The first-order chi connectivity index (χ1) is 16.5. The van der Waals surface area contributed by atoms with Crippen LogP contribution in [0.4, 0.5) is 0 Å². The van der Waals surface area contributed by atoms with Crippen LogP contribution in [0.25, 0.3) is 0 Å². The SMILES string of the molecule is COc1ccc(CC2(O)CCN(CC(C)Oc3ccc(OCc4ccccc4)cc3)CC2)cc1. The summed E-state index contributed by atoms with van der Waals surface area (Å²) in [6.07, 6.45) is 2.26. The van der Waals surface area contributed by atoms with Gasteiger partial charge in [0, 0.05) is 26.1 Å². The summed E-state index contributed by atoms with van der Waals surface area (Å²) in [5.74, 6) is 2.51. The second kappa shape index (κ2) is 11.4. The van der Waals surface area contributed by atoms with E-state index in [1.807, 2.05) is 66.7 Å². The fourth-order valence-corrected chi connectivity index (χ4v) is 4.44. The van der Waals surface area contributed by atoms with Crippen molar-refractivity contribution in [3.63, 3.8) is 0 Å². The molecule has 1 atom stereocenters. The fraction of sp³-hybridized carbons (Fsp3) is 0.379. The van der Waals surface area contributed by atoms with Gasteiger partial charge < -0.3 is 19.3 Å². The van der Waals surface area contributed by atoms with Crippen molar-refractivity contribution in [2.45, 2.75) is 44.5 Å². The Balaban J connectivity index is 1.19. The van der Waals surface area contributed by atoms with E-state index in [4.69, 9.17) is 14.2 Å². The number of piperidine rings is 1. The number of likely N-dealkylation sites (tertiary alicyclic amines) is 1. The van der Waals surface area contributed by atoms with Gasteiger partial charge in [-0.2, -0.15) is 0 Å². The molecule has 1 saturated heterocycles. The molecule has 1 heterocycles. The Hall–Kier alpha value is -3.02. The smallest absolute Gasteiger partial charge is 0.120 e. The zero-order valence-electron chi connectivity index (χ0n) is 20.2. The number of hydrogen-bond donors (Lipinski definition) is 1. The summed E-state index contributed by atoms with van der Waals surface area (Å²) < 4.78 is 17.2. The maximum Gasteiger partial charge on any atom is 0.120 e. The van der Waals surface area contributed by atoms with Crippen LogP contribution in [0.1, 0.15) is 30.9 Å². The molecule has 1 N–H and O–H groups in total. The Bertz CT molecular complexity index is 997. The van der Waals surface area contributed by atoms with Gasteiger partial charge in [0.25, 0.3) is 0 Å². The molecule has 1 fully saturated rings. The van der Waals surface area contributed by atoms with E-state index in [1.165, 1.54) is 0 Å². The molecular weight excluding hydrogens is 426 g/mol. The van der Waals surface area contributed by atoms with Crippen molar-refractivity contribution in [2.24, 2.45) is 0 Å². The molecule has 180 valence electrons. The van der Waals surface area contributed by atoms with Gasteiger partial charge >= 0.3 is 0 Å². The van der Waals surface area contributed by atoms with Crippen LogP contribution in [0.3, 0.4) is 0 Å². The van der Waals surface area contributed by atoms with Crippen molar-refractivity contribution in [3.8, 4) is 17.2 Å². The van der Waals surface area contributed by atoms with Gasteiger partial charge in [0.15, 0.2) is 0 Å². The van der Waals surface area contributed by atoms with Crippen LogP contribution in [0.2, 0.25) is 0 Å². The first kappa shape index (κ1) is 24.1. The molecule has 0 aromatic heterocycles. The summed E-state index contributed by atoms with van der Waals surface area (Å²) in [5, 5.41) is 11.1. The van der Waals surface area contributed by atoms with E-state index in [2.05, 4.69) is 24.0 Å². The van der Waals surface area contributed by atoms with Gasteiger partial charge in [0.2, 0.25) is 0 Å². The van der Waals surface area contributed by atoms with Crippen LogP contribution in [-0.4, -0.2) is 48.5 Å². The largest absolute Gasteiger partial charge is 0.497 e. The van der Waals surface area contributed by atoms with Gasteiger partial charge in [-0.3, -0.25) is 4.90 Å². The molecule has 5 heteroatoms. The number of ether oxygens (including phenoxy) is 3. The molecule has 34 heavy (non-hydrogen) atoms. The molecule has 1 aliphatic rings. The predicted molar refractivity (Wildman–Crippen MR) is 135 cm³/mol. The Morgan fingerprint density at radius 2 is 1.44 bits per heavy atom. The third-order valence-corrected chi connectivity index (χ3v) is 6.40. The second-order valence-electron chi connectivity index (χ2n) is 9.22. The monoisotopic (exact) mass is 461 g/mol. The van der Waals surface area contributed by atoms with Crippen LogP contribution >= 0.6 is 0 Å². The maximum atomic E-state index is 11.1. The highest BCUT2D eigenvalue weighted by atomic mass is 16.5. The first-order valence-electron chi connectivity index (χ1n) is 12.0. The zero-order valence-corrected chi connectivity index (χ0v) is 20.2. The van der Waals surface area contributed by atoms with Crippen LogP contribution < -0.4 is 14.2 Å². The van der Waals surface area contributed by atoms with Crippen molar-refractivity contribution in [2.75, 3.05) is 26.7 Å². The quantitative estimate of drug-likeness (QED) is 0.455. The van der Waals surface area contributed by atoms with E-state index in [-0.39, 0.29) is 6.10 Å². The number of aliphatic hydroxyl groups is 1. The molecule has 0 radical (unpaired) electrons. The summed E-state index contributed by atoms with van der Waals surface area (Å²) in [4.78, 5) is 2.38. The van der Waals surface area contributed by atoms with Crippen molar-refractivity contribution >= 4 is 0 Å². The van der Waals surface area contributed by atoms with E-state index in [9.17, 15) is 5.11 Å². The highest BCUT2D eigenvalue weighted by Crippen LogP contribution is 2.28. The van der Waals surface area contributed by atoms with Crippen molar-refractivity contribution in [3.05, 3.63) is 90.0 Å². The molecule has 5 nitrogen and oxygen atoms in total. The lowest BCUT2D eigenvalue weighted by Crippen LogP contribution is -2.47. The van der Waals surface area contributed by atoms with Gasteiger partial charge in [-0.15, -0.1) is 0 Å². The zero-order chi connectivity index (χ0) is 23.8. The molecule has 0 aliphatic carbocycles. The molecule has 1 unspecified atom stereocenters. The van der Waals surface area contributed by atoms with Crippen LogP contribution in [-0.2, 0) is 13.0 Å². The number of rotatable bonds is 10. The summed E-state index contributed by atoms with van der Waals surface area (Å²) in [6.45, 7) is 5.22. The highest BCUT2D eigenvalue weighted by molar-refractivity contribution is 5.32. The average molecular weight is 462 g/mol. The standard InChI is InChI=1S/C29H35NO4/c1-23(34-28-14-12-27(13-15-28)33-22-25-6-4-3-5-7-25)21-30-18-16-29(31,17-19-30)20-24-8-10-26(32-2)11-9-24/h3-15,23,31H,16-22H2,1-2H3. The van der Waals surface area contributed by atoms with E-state index in [0.717, 1.165) is 60.9 Å². The highest BCUT2D eigenvalue weighted by Gasteiger charge is 2.32. The lowest BCUT2D eigenvalue weighted by atomic mass is 9.85. The minimum absolute atomic E-state index is 0.0591. The van der Waals surface area contributed by atoms with Crippen LogP contribution in [0.5, 0.6) is 17.2 Å². The van der Waals surface area contributed by atoms with E-state index in [1.54, 1.807) is 7.11 Å². The lowest BCUT2D eigenvalue weighted by Gasteiger charge is -2.39. The molecule has 0 amide bonds. The molecule has 3 aromatic carbocycles. The topological polar surface area (TPSA) is 51.2 Å². The normalized spacial score (nSPS) is 16.6. The Morgan fingerprint density at radius 3 is 2.09 bits per heavy atom. The number of hydrogen-bond acceptors (Lipinski definition) is 5. The maximum absolute atomic E-state index is 11.1. The van der Waals surface area contributed by atoms with E-state index < -0.39 is 5.60 Å². The van der Waals surface area contributed by atoms with Gasteiger partial charge in [-0.1, -0.05) is 42.5 Å². The predicted octanol–water partition coefficient (Wildman–Crippen LogP) is 5.11. The van der Waals surface area contributed by atoms with Gasteiger partial charge in [0.1, 0.15) is 30.0 Å². The Labute approximate surface area is 202 Å². The third kappa shape index (κ3) is 6.99. The van der Waals surface area contributed by atoms with Crippen molar-refractivity contribution in [1.29, 1.82) is 0 Å².